The lowest BCUT2D eigenvalue weighted by molar-refractivity contribution is -0.154. The first kappa shape index (κ1) is 62.4. The summed E-state index contributed by atoms with van der Waals surface area (Å²) in [5.41, 5.74) is 5.37. The maximum absolute atomic E-state index is 12.7. The average molecular weight is 934 g/mol. The van der Waals surface area contributed by atoms with E-state index in [1.165, 1.54) is 109 Å². The van der Waals surface area contributed by atoms with Gasteiger partial charge in [0.2, 0.25) is 0 Å². The average Bonchev–Trinajstić information content (AvgIpc) is 3.29. The second-order valence-electron chi connectivity index (χ2n) is 17.3. The summed E-state index contributed by atoms with van der Waals surface area (Å²) in [6.45, 7) is 3.71. The van der Waals surface area contributed by atoms with E-state index in [9.17, 15) is 19.0 Å². The van der Waals surface area contributed by atoms with Crippen molar-refractivity contribution in [1.82, 2.24) is 0 Å². The van der Waals surface area contributed by atoms with Crippen LogP contribution in [-0.4, -0.2) is 60.5 Å². The largest absolute Gasteiger partial charge is 0.480 e. The van der Waals surface area contributed by atoms with Crippen molar-refractivity contribution in [3.8, 4) is 0 Å². The zero-order valence-corrected chi connectivity index (χ0v) is 42.2. The monoisotopic (exact) mass is 934 g/mol. The number of carbonyl (C=O) groups excluding carboxylic acids is 1. The zero-order valence-electron chi connectivity index (χ0n) is 41.3. The van der Waals surface area contributed by atoms with Crippen LogP contribution in [-0.2, 0) is 32.7 Å². The summed E-state index contributed by atoms with van der Waals surface area (Å²) in [6.07, 6.45) is 62.5. The van der Waals surface area contributed by atoms with Crippen molar-refractivity contribution in [3.05, 3.63) is 72.9 Å². The summed E-state index contributed by atoms with van der Waals surface area (Å²) in [5.74, 6) is -1.79. The normalized spacial score (nSPS) is 14.3. The van der Waals surface area contributed by atoms with Gasteiger partial charge in [0, 0.05) is 13.0 Å². The highest BCUT2D eigenvalue weighted by atomic mass is 31.2. The first-order valence-corrected chi connectivity index (χ1v) is 27.5. The minimum absolute atomic E-state index is 0.00710. The number of allylic oxidation sites excluding steroid dienone is 12. The molecule has 0 spiro atoms. The summed E-state index contributed by atoms with van der Waals surface area (Å²) < 4.78 is 33.5. The number of unbranched alkanes of at least 4 members (excludes halogenated alkanes) is 23. The molecule has 3 unspecified atom stereocenters. The van der Waals surface area contributed by atoms with Gasteiger partial charge in [-0.15, -0.1) is 0 Å². The van der Waals surface area contributed by atoms with Crippen molar-refractivity contribution in [1.29, 1.82) is 0 Å². The Kier molecular flexibility index (Phi) is 47.4. The van der Waals surface area contributed by atoms with Crippen molar-refractivity contribution < 1.29 is 42.7 Å². The minimum atomic E-state index is -4.64. The fraction of sp³-hybridized carbons (Fsp3) is 0.741. The number of aliphatic carboxylic acids is 1. The highest BCUT2D eigenvalue weighted by molar-refractivity contribution is 7.47. The topological polar surface area (TPSA) is 155 Å². The smallest absolute Gasteiger partial charge is 0.472 e. The molecule has 0 heterocycles. The predicted molar refractivity (Wildman–Crippen MR) is 272 cm³/mol. The third-order valence-corrected chi connectivity index (χ3v) is 12.0. The number of phosphoric ester groups is 1. The number of nitrogens with two attached hydrogens (primary N) is 1. The summed E-state index contributed by atoms with van der Waals surface area (Å²) >= 11 is 0. The van der Waals surface area contributed by atoms with E-state index >= 15 is 0 Å². The number of carboxylic acid groups (broad SMARTS) is 1. The number of carboxylic acids is 1. The Morgan fingerprint density at radius 2 is 0.892 bits per heavy atom. The van der Waals surface area contributed by atoms with Crippen LogP contribution in [0.2, 0.25) is 0 Å². The molecule has 0 aliphatic heterocycles. The van der Waals surface area contributed by atoms with Gasteiger partial charge in [-0.2, -0.15) is 0 Å². The van der Waals surface area contributed by atoms with Crippen molar-refractivity contribution in [2.75, 3.05) is 26.4 Å². The number of ether oxygens (including phenoxy) is 2. The summed E-state index contributed by atoms with van der Waals surface area (Å²) in [6, 6.07) is -1.48. The molecule has 3 atom stereocenters. The minimum Gasteiger partial charge on any atom is -0.480 e. The number of esters is 1. The van der Waals surface area contributed by atoms with Gasteiger partial charge in [0.05, 0.1) is 19.8 Å². The number of carbonyl (C=O) groups is 2. The van der Waals surface area contributed by atoms with Gasteiger partial charge in [0.25, 0.3) is 0 Å². The second-order valence-corrected chi connectivity index (χ2v) is 18.7. The molecule has 0 fully saturated rings. The molecule has 0 saturated carbocycles. The Morgan fingerprint density at radius 3 is 1.32 bits per heavy atom. The van der Waals surface area contributed by atoms with E-state index in [1.54, 1.807) is 0 Å². The van der Waals surface area contributed by atoms with Gasteiger partial charge in [0.15, 0.2) is 0 Å². The Labute approximate surface area is 397 Å². The maximum atomic E-state index is 12.7. The molecule has 0 amide bonds. The molecule has 0 saturated heterocycles. The van der Waals surface area contributed by atoms with Gasteiger partial charge >= 0.3 is 19.8 Å². The highest BCUT2D eigenvalue weighted by Gasteiger charge is 2.27. The van der Waals surface area contributed by atoms with Gasteiger partial charge < -0.3 is 25.2 Å². The molecule has 376 valence electrons. The third kappa shape index (κ3) is 49.1. The van der Waals surface area contributed by atoms with Crippen LogP contribution in [0.4, 0.5) is 0 Å². The number of hydrogen-bond acceptors (Lipinski definition) is 8. The van der Waals surface area contributed by atoms with E-state index in [2.05, 4.69) is 86.8 Å². The molecule has 0 aromatic heterocycles. The summed E-state index contributed by atoms with van der Waals surface area (Å²) in [7, 11) is -4.64. The Bertz CT molecular complexity index is 1310. The van der Waals surface area contributed by atoms with Crippen LogP contribution in [0.1, 0.15) is 219 Å². The van der Waals surface area contributed by atoms with Crippen LogP contribution < -0.4 is 5.73 Å². The summed E-state index contributed by atoms with van der Waals surface area (Å²) in [5, 5.41) is 8.93. The van der Waals surface area contributed by atoms with Gasteiger partial charge in [-0.05, 0) is 64.2 Å². The van der Waals surface area contributed by atoms with Gasteiger partial charge in [-0.3, -0.25) is 18.6 Å². The molecule has 10 nitrogen and oxygen atoms in total. The van der Waals surface area contributed by atoms with Crippen LogP contribution in [0.5, 0.6) is 0 Å². The van der Waals surface area contributed by atoms with Gasteiger partial charge in [0.1, 0.15) is 12.1 Å². The van der Waals surface area contributed by atoms with Crippen LogP contribution in [0, 0.1) is 0 Å². The molecular formula is C54H96NO9P. The molecule has 0 radical (unpaired) electrons. The van der Waals surface area contributed by atoms with E-state index in [1.807, 2.05) is 0 Å². The third-order valence-electron chi connectivity index (χ3n) is 11.0. The lowest BCUT2D eigenvalue weighted by atomic mass is 10.0. The first-order chi connectivity index (χ1) is 31.7. The van der Waals surface area contributed by atoms with E-state index < -0.39 is 45.1 Å². The van der Waals surface area contributed by atoms with E-state index in [0.717, 1.165) is 83.5 Å². The van der Waals surface area contributed by atoms with Gasteiger partial charge in [-0.1, -0.05) is 222 Å². The Hall–Kier alpha value is -2.59. The number of hydrogen-bond donors (Lipinski definition) is 3. The molecular weight excluding hydrogens is 838 g/mol. The second kappa shape index (κ2) is 49.3. The predicted octanol–water partition coefficient (Wildman–Crippen LogP) is 15.3. The van der Waals surface area contributed by atoms with Crippen molar-refractivity contribution in [3.63, 3.8) is 0 Å². The first-order valence-electron chi connectivity index (χ1n) is 26.0. The van der Waals surface area contributed by atoms with Gasteiger partial charge in [-0.25, -0.2) is 4.57 Å². The lowest BCUT2D eigenvalue weighted by Crippen LogP contribution is -2.34. The van der Waals surface area contributed by atoms with E-state index in [4.69, 9.17) is 29.4 Å². The number of rotatable bonds is 49. The Morgan fingerprint density at radius 1 is 0.508 bits per heavy atom. The highest BCUT2D eigenvalue weighted by Crippen LogP contribution is 2.43. The standard InChI is InChI=1S/C54H96NO9P/c1-3-5-7-9-11-13-15-17-19-21-23-25-27-29-31-33-35-37-39-41-43-45-47-61-48-51(49-62-65(59,60)63-50-52(55)54(57)58)64-53(56)46-44-42-40-38-36-34-32-30-28-26-24-22-20-18-16-14-12-10-8-6-4-2/h5,7,11,13,17,19,23,25,29,31,35,37,51-52H,3-4,6,8-10,12,14-16,18,20-22,24,26-28,30,32-34,36,38-50,55H2,1-2H3,(H,57,58)(H,59,60)/b7-5-,13-11-,19-17-,25-23-,31-29-,37-35-. The Balaban J connectivity index is 4.20. The maximum Gasteiger partial charge on any atom is 0.472 e. The van der Waals surface area contributed by atoms with Crippen molar-refractivity contribution in [2.24, 2.45) is 5.73 Å². The van der Waals surface area contributed by atoms with Crippen LogP contribution >= 0.6 is 7.82 Å². The molecule has 4 N–H and O–H groups in total. The number of phosphoric acid groups is 1. The fourth-order valence-electron chi connectivity index (χ4n) is 7.02. The van der Waals surface area contributed by atoms with Crippen molar-refractivity contribution in [2.45, 2.75) is 231 Å². The van der Waals surface area contributed by atoms with E-state index in [-0.39, 0.29) is 13.0 Å². The molecule has 0 aromatic rings. The molecule has 11 heteroatoms. The quantitative estimate of drug-likeness (QED) is 0.0232. The molecule has 0 bridgehead atoms. The molecule has 0 aliphatic carbocycles. The fourth-order valence-corrected chi connectivity index (χ4v) is 7.80. The molecule has 0 aromatic carbocycles. The zero-order chi connectivity index (χ0) is 47.6. The summed E-state index contributed by atoms with van der Waals surface area (Å²) in [4.78, 5) is 33.7. The van der Waals surface area contributed by atoms with E-state index in [0.29, 0.717) is 13.0 Å². The molecule has 0 rings (SSSR count). The molecule has 0 aliphatic rings. The van der Waals surface area contributed by atoms with Crippen LogP contribution in [0.3, 0.4) is 0 Å². The molecule has 65 heavy (non-hydrogen) atoms. The SMILES string of the molecule is CC/C=C\C/C=C\C/C=C\C/C=C\C/C=C\C/C=C\CCCCCOCC(COP(=O)(O)OCC(N)C(=O)O)OC(=O)CCCCCCCCCCCCCCCCCCCCCCC. The lowest BCUT2D eigenvalue weighted by Gasteiger charge is -2.20. The van der Waals surface area contributed by atoms with Crippen LogP contribution in [0.15, 0.2) is 72.9 Å². The van der Waals surface area contributed by atoms with Crippen molar-refractivity contribution >= 4 is 19.8 Å². The van der Waals surface area contributed by atoms with Crippen LogP contribution in [0.25, 0.3) is 0 Å².